The first-order valence-corrected chi connectivity index (χ1v) is 8.01. The van der Waals surface area contributed by atoms with E-state index < -0.39 is 0 Å². The molecule has 1 unspecified atom stereocenters. The second kappa shape index (κ2) is 9.13. The van der Waals surface area contributed by atoms with Crippen molar-refractivity contribution in [2.75, 3.05) is 32.8 Å². The lowest BCUT2D eigenvalue weighted by atomic mass is 10.0. The fraction of sp³-hybridized carbons (Fsp3) is 0.471. The Morgan fingerprint density at radius 1 is 1.38 bits per heavy atom. The van der Waals surface area contributed by atoms with Gasteiger partial charge in [-0.2, -0.15) is 5.10 Å². The molecular formula is C17H24ClFN4O. The number of halogens is 2. The van der Waals surface area contributed by atoms with Crippen molar-refractivity contribution in [2.45, 2.75) is 19.5 Å². The minimum Gasteiger partial charge on any atom is -0.379 e. The molecule has 0 spiro atoms. The standard InChI is InChI=1S/C17H23FN4O.ClH/c1-13-15(11-20-21-13)10-19-12-17(22-5-7-23-8-6-22)14-3-2-4-16(18)9-14;/h2-4,9,11,17,19H,5-8,10,12H2,1H3,(H,20,21);1H. The van der Waals surface area contributed by atoms with Crippen LogP contribution >= 0.6 is 12.4 Å². The number of aryl methyl sites for hydroxylation is 1. The molecule has 2 N–H and O–H groups in total. The predicted octanol–water partition coefficient (Wildman–Crippen LogP) is 2.44. The van der Waals surface area contributed by atoms with E-state index in [4.69, 9.17) is 4.74 Å². The zero-order valence-electron chi connectivity index (χ0n) is 13.8. The van der Waals surface area contributed by atoms with Crippen LogP contribution in [0.4, 0.5) is 4.39 Å². The summed E-state index contributed by atoms with van der Waals surface area (Å²) in [6, 6.07) is 7.03. The van der Waals surface area contributed by atoms with E-state index in [1.807, 2.05) is 19.2 Å². The summed E-state index contributed by atoms with van der Waals surface area (Å²) in [6.45, 7) is 6.71. The van der Waals surface area contributed by atoms with Gasteiger partial charge in [0.1, 0.15) is 5.82 Å². The molecule has 7 heteroatoms. The van der Waals surface area contributed by atoms with Crippen LogP contribution in [0, 0.1) is 12.7 Å². The number of nitrogens with zero attached hydrogens (tertiary/aromatic N) is 2. The van der Waals surface area contributed by atoms with E-state index in [-0.39, 0.29) is 24.3 Å². The second-order valence-corrected chi connectivity index (χ2v) is 5.87. The number of ether oxygens (including phenoxy) is 1. The van der Waals surface area contributed by atoms with Crippen molar-refractivity contribution in [3.63, 3.8) is 0 Å². The molecule has 2 aromatic rings. The molecule has 1 fully saturated rings. The molecule has 3 rings (SSSR count). The highest BCUT2D eigenvalue weighted by Crippen LogP contribution is 2.22. The highest BCUT2D eigenvalue weighted by atomic mass is 35.5. The topological polar surface area (TPSA) is 53.2 Å². The van der Waals surface area contributed by atoms with Gasteiger partial charge in [-0.15, -0.1) is 12.4 Å². The third-order valence-electron chi connectivity index (χ3n) is 4.31. The lowest BCUT2D eigenvalue weighted by Gasteiger charge is -2.35. The molecular weight excluding hydrogens is 331 g/mol. The smallest absolute Gasteiger partial charge is 0.123 e. The van der Waals surface area contributed by atoms with E-state index in [2.05, 4.69) is 20.4 Å². The van der Waals surface area contributed by atoms with Crippen LogP contribution in [-0.4, -0.2) is 47.9 Å². The van der Waals surface area contributed by atoms with Gasteiger partial charge >= 0.3 is 0 Å². The van der Waals surface area contributed by atoms with Crippen LogP contribution < -0.4 is 5.32 Å². The lowest BCUT2D eigenvalue weighted by molar-refractivity contribution is 0.0160. The van der Waals surface area contributed by atoms with E-state index in [1.54, 1.807) is 12.1 Å². The molecule has 24 heavy (non-hydrogen) atoms. The number of rotatable bonds is 6. The van der Waals surface area contributed by atoms with Crippen LogP contribution in [0.2, 0.25) is 0 Å². The first kappa shape index (κ1) is 18.9. The fourth-order valence-corrected chi connectivity index (χ4v) is 2.96. The minimum atomic E-state index is -0.188. The Kier molecular flexibility index (Phi) is 7.17. The van der Waals surface area contributed by atoms with Gasteiger partial charge in [0.25, 0.3) is 0 Å². The van der Waals surface area contributed by atoms with Gasteiger partial charge in [0.15, 0.2) is 0 Å². The molecule has 0 aliphatic carbocycles. The van der Waals surface area contributed by atoms with Gasteiger partial charge in [0.05, 0.1) is 19.4 Å². The predicted molar refractivity (Wildman–Crippen MR) is 93.8 cm³/mol. The van der Waals surface area contributed by atoms with Crippen molar-refractivity contribution in [1.29, 1.82) is 0 Å². The lowest BCUT2D eigenvalue weighted by Crippen LogP contribution is -2.42. The van der Waals surface area contributed by atoms with Gasteiger partial charge in [0, 0.05) is 43.5 Å². The number of H-pyrrole nitrogens is 1. The maximum atomic E-state index is 13.6. The monoisotopic (exact) mass is 354 g/mol. The van der Waals surface area contributed by atoms with Crippen molar-refractivity contribution in [3.05, 3.63) is 53.1 Å². The molecule has 1 atom stereocenters. The number of benzene rings is 1. The van der Waals surface area contributed by atoms with Crippen LogP contribution in [-0.2, 0) is 11.3 Å². The van der Waals surface area contributed by atoms with E-state index in [9.17, 15) is 4.39 Å². The Bertz CT molecular complexity index is 631. The molecule has 1 aliphatic heterocycles. The fourth-order valence-electron chi connectivity index (χ4n) is 2.96. The molecule has 0 saturated carbocycles. The molecule has 132 valence electrons. The molecule has 5 nitrogen and oxygen atoms in total. The molecule has 1 aromatic heterocycles. The van der Waals surface area contributed by atoms with Crippen molar-refractivity contribution >= 4 is 12.4 Å². The number of nitrogens with one attached hydrogen (secondary N) is 2. The van der Waals surface area contributed by atoms with Gasteiger partial charge in [-0.05, 0) is 24.6 Å². The molecule has 2 heterocycles. The molecule has 1 saturated heterocycles. The number of aromatic amines is 1. The van der Waals surface area contributed by atoms with Gasteiger partial charge in [-0.3, -0.25) is 10.00 Å². The molecule has 0 bridgehead atoms. The zero-order chi connectivity index (χ0) is 16.1. The largest absolute Gasteiger partial charge is 0.379 e. The molecule has 1 aliphatic rings. The number of aromatic nitrogens is 2. The quantitative estimate of drug-likeness (QED) is 0.836. The van der Waals surface area contributed by atoms with E-state index in [0.717, 1.165) is 56.2 Å². The number of morpholine rings is 1. The van der Waals surface area contributed by atoms with E-state index in [0.29, 0.717) is 0 Å². The molecule has 0 amide bonds. The first-order valence-electron chi connectivity index (χ1n) is 8.01. The molecule has 1 aromatic carbocycles. The van der Waals surface area contributed by atoms with Crippen LogP contribution in [0.1, 0.15) is 22.9 Å². The zero-order valence-corrected chi connectivity index (χ0v) is 14.6. The SMILES string of the molecule is Cc1[nH]ncc1CNCC(c1cccc(F)c1)N1CCOCC1.Cl. The summed E-state index contributed by atoms with van der Waals surface area (Å²) in [5.74, 6) is -0.188. The van der Waals surface area contributed by atoms with E-state index in [1.165, 1.54) is 6.07 Å². The van der Waals surface area contributed by atoms with Crippen LogP contribution in [0.5, 0.6) is 0 Å². The molecule has 0 radical (unpaired) electrons. The summed E-state index contributed by atoms with van der Waals surface area (Å²) in [7, 11) is 0. The van der Waals surface area contributed by atoms with Gasteiger partial charge in [-0.1, -0.05) is 12.1 Å². The summed E-state index contributed by atoms with van der Waals surface area (Å²) >= 11 is 0. The summed E-state index contributed by atoms with van der Waals surface area (Å²) < 4.78 is 19.1. The van der Waals surface area contributed by atoms with E-state index >= 15 is 0 Å². The van der Waals surface area contributed by atoms with Crippen LogP contribution in [0.25, 0.3) is 0 Å². The van der Waals surface area contributed by atoms with Crippen molar-refractivity contribution < 1.29 is 9.13 Å². The summed E-state index contributed by atoms with van der Waals surface area (Å²) in [6.07, 6.45) is 1.84. The summed E-state index contributed by atoms with van der Waals surface area (Å²) in [4.78, 5) is 2.35. The van der Waals surface area contributed by atoms with Crippen molar-refractivity contribution in [2.24, 2.45) is 0 Å². The minimum absolute atomic E-state index is 0. The van der Waals surface area contributed by atoms with Crippen molar-refractivity contribution in [3.8, 4) is 0 Å². The average Bonchev–Trinajstić information content (AvgIpc) is 2.97. The van der Waals surface area contributed by atoms with Gasteiger partial charge < -0.3 is 10.1 Å². The van der Waals surface area contributed by atoms with Crippen LogP contribution in [0.15, 0.2) is 30.5 Å². The summed E-state index contributed by atoms with van der Waals surface area (Å²) in [5, 5.41) is 10.5. The highest BCUT2D eigenvalue weighted by molar-refractivity contribution is 5.85. The van der Waals surface area contributed by atoms with Gasteiger partial charge in [0.2, 0.25) is 0 Å². The number of hydrogen-bond acceptors (Lipinski definition) is 4. The Hall–Kier alpha value is -1.47. The Labute approximate surface area is 148 Å². The number of hydrogen-bond donors (Lipinski definition) is 2. The maximum absolute atomic E-state index is 13.6. The maximum Gasteiger partial charge on any atom is 0.123 e. The van der Waals surface area contributed by atoms with Gasteiger partial charge in [-0.25, -0.2) is 4.39 Å². The second-order valence-electron chi connectivity index (χ2n) is 5.87. The Morgan fingerprint density at radius 3 is 2.83 bits per heavy atom. The Balaban J connectivity index is 0.00000208. The third kappa shape index (κ3) is 4.77. The highest BCUT2D eigenvalue weighted by Gasteiger charge is 2.22. The average molecular weight is 355 g/mol. The summed E-state index contributed by atoms with van der Waals surface area (Å²) in [5.41, 5.74) is 3.24. The van der Waals surface area contributed by atoms with Crippen molar-refractivity contribution in [1.82, 2.24) is 20.4 Å². The first-order chi connectivity index (χ1) is 11.2. The van der Waals surface area contributed by atoms with Crippen LogP contribution in [0.3, 0.4) is 0 Å². The third-order valence-corrected chi connectivity index (χ3v) is 4.31. The normalized spacial score (nSPS) is 16.6. The Morgan fingerprint density at radius 2 is 2.17 bits per heavy atom.